The topological polar surface area (TPSA) is 85.8 Å². The van der Waals surface area contributed by atoms with Crippen LogP contribution in [0.1, 0.15) is 19.8 Å². The summed E-state index contributed by atoms with van der Waals surface area (Å²) < 4.78 is 0.865. The number of carbonyl (C=O) groups excluding carboxylic acids is 1. The minimum absolute atomic E-state index is 0.0802. The molecule has 1 fully saturated rings. The molecule has 0 atom stereocenters. The number of nitrogens with zero attached hydrogens (tertiary/aromatic N) is 3. The highest BCUT2D eigenvalue weighted by molar-refractivity contribution is 9.10. The van der Waals surface area contributed by atoms with Crippen molar-refractivity contribution in [1.82, 2.24) is 14.8 Å². The number of hydrogen-bond donors (Lipinski definition) is 2. The Balaban J connectivity index is 1.76. The molecule has 0 spiro atoms. The molecule has 0 saturated carbocycles. The molecule has 0 aliphatic carbocycles. The van der Waals surface area contributed by atoms with Gasteiger partial charge >= 0.3 is 5.97 Å². The summed E-state index contributed by atoms with van der Waals surface area (Å²) in [5.74, 6) is -0.335. The molecule has 2 N–H and O–H groups in total. The van der Waals surface area contributed by atoms with E-state index in [2.05, 4.69) is 31.1 Å². The predicted molar refractivity (Wildman–Crippen MR) is 94.9 cm³/mol. The Morgan fingerprint density at radius 2 is 2.12 bits per heavy atom. The van der Waals surface area contributed by atoms with Gasteiger partial charge in [0.2, 0.25) is 5.91 Å². The van der Waals surface area contributed by atoms with E-state index in [4.69, 9.17) is 5.11 Å². The summed E-state index contributed by atoms with van der Waals surface area (Å²) in [5, 5.41) is 11.7. The maximum Gasteiger partial charge on any atom is 0.317 e. The van der Waals surface area contributed by atoms with Crippen LogP contribution in [0.15, 0.2) is 22.8 Å². The summed E-state index contributed by atoms with van der Waals surface area (Å²) in [6, 6.07) is 3.85. The number of anilines is 1. The van der Waals surface area contributed by atoms with Gasteiger partial charge in [0.05, 0.1) is 13.1 Å². The molecule has 7 nitrogen and oxygen atoms in total. The highest BCUT2D eigenvalue weighted by Crippen LogP contribution is 2.16. The SMILES string of the molecule is CCN(CC(=O)O)C1CCN(CC(=O)Nc2ccc(Br)cn2)CC1. The molecule has 0 bridgehead atoms. The molecule has 1 aliphatic rings. The maximum absolute atomic E-state index is 12.1. The number of likely N-dealkylation sites (N-methyl/N-ethyl adjacent to an activating group) is 1. The standard InChI is InChI=1S/C16H23BrN4O3/c1-2-21(11-16(23)24)13-5-7-20(8-6-13)10-15(22)19-14-4-3-12(17)9-18-14/h3-4,9,13H,2,5-8,10-11H2,1H3,(H,23,24)(H,18,19,22). The van der Waals surface area contributed by atoms with Crippen molar-refractivity contribution in [3.63, 3.8) is 0 Å². The zero-order chi connectivity index (χ0) is 17.5. The zero-order valence-electron chi connectivity index (χ0n) is 13.7. The van der Waals surface area contributed by atoms with Gasteiger partial charge in [-0.1, -0.05) is 6.92 Å². The second kappa shape index (κ2) is 9.10. The van der Waals surface area contributed by atoms with Gasteiger partial charge < -0.3 is 10.4 Å². The number of carbonyl (C=O) groups is 2. The third-order valence-electron chi connectivity index (χ3n) is 4.18. The van der Waals surface area contributed by atoms with Gasteiger partial charge in [-0.3, -0.25) is 19.4 Å². The quantitative estimate of drug-likeness (QED) is 0.726. The first-order valence-electron chi connectivity index (χ1n) is 8.07. The first-order chi connectivity index (χ1) is 11.5. The van der Waals surface area contributed by atoms with Crippen LogP contribution < -0.4 is 5.32 Å². The van der Waals surface area contributed by atoms with E-state index in [1.165, 1.54) is 0 Å². The number of aliphatic carboxylic acids is 1. The molecule has 0 aromatic carbocycles. The summed E-state index contributed by atoms with van der Waals surface area (Å²) >= 11 is 3.31. The molecule has 2 heterocycles. The molecule has 1 aromatic rings. The highest BCUT2D eigenvalue weighted by atomic mass is 79.9. The highest BCUT2D eigenvalue weighted by Gasteiger charge is 2.25. The van der Waals surface area contributed by atoms with Crippen LogP contribution in [0, 0.1) is 0 Å². The van der Waals surface area contributed by atoms with Gasteiger partial charge in [0, 0.05) is 29.8 Å². The zero-order valence-corrected chi connectivity index (χ0v) is 15.3. The summed E-state index contributed by atoms with van der Waals surface area (Å²) in [7, 11) is 0. The number of likely N-dealkylation sites (tertiary alicyclic amines) is 1. The fourth-order valence-corrected chi connectivity index (χ4v) is 3.19. The first-order valence-corrected chi connectivity index (χ1v) is 8.87. The van der Waals surface area contributed by atoms with E-state index in [-0.39, 0.29) is 18.5 Å². The molecule has 1 amide bonds. The summed E-state index contributed by atoms with van der Waals surface area (Å²) in [4.78, 5) is 31.2. The largest absolute Gasteiger partial charge is 0.480 e. The molecule has 24 heavy (non-hydrogen) atoms. The van der Waals surface area contributed by atoms with Crippen LogP contribution in [-0.2, 0) is 9.59 Å². The number of piperidine rings is 1. The third kappa shape index (κ3) is 5.85. The molecule has 1 saturated heterocycles. The minimum atomic E-state index is -0.791. The molecule has 0 radical (unpaired) electrons. The normalized spacial score (nSPS) is 16.3. The number of rotatable bonds is 7. The molecule has 1 aliphatic heterocycles. The lowest BCUT2D eigenvalue weighted by molar-refractivity contribution is -0.139. The lowest BCUT2D eigenvalue weighted by Gasteiger charge is -2.37. The van der Waals surface area contributed by atoms with Crippen molar-refractivity contribution < 1.29 is 14.7 Å². The van der Waals surface area contributed by atoms with E-state index in [1.54, 1.807) is 12.3 Å². The molecular weight excluding hydrogens is 376 g/mol. The number of aromatic nitrogens is 1. The van der Waals surface area contributed by atoms with Gasteiger partial charge in [-0.05, 0) is 47.4 Å². The Kier molecular flexibility index (Phi) is 7.14. The van der Waals surface area contributed by atoms with Crippen molar-refractivity contribution in [2.75, 3.05) is 38.0 Å². The molecule has 1 aromatic heterocycles. The average molecular weight is 399 g/mol. The lowest BCUT2D eigenvalue weighted by Crippen LogP contribution is -2.48. The van der Waals surface area contributed by atoms with E-state index in [0.29, 0.717) is 12.4 Å². The number of halogens is 1. The third-order valence-corrected chi connectivity index (χ3v) is 4.65. The fraction of sp³-hybridized carbons (Fsp3) is 0.562. The second-order valence-corrected chi connectivity index (χ2v) is 6.79. The Labute approximate surface area is 150 Å². The summed E-state index contributed by atoms with van der Waals surface area (Å²) in [6.45, 7) is 4.71. The van der Waals surface area contributed by atoms with Crippen LogP contribution in [0.4, 0.5) is 5.82 Å². The van der Waals surface area contributed by atoms with Gasteiger partial charge in [-0.25, -0.2) is 4.98 Å². The molecule has 2 rings (SSSR count). The van der Waals surface area contributed by atoms with Crippen LogP contribution in [0.3, 0.4) is 0 Å². The van der Waals surface area contributed by atoms with E-state index in [0.717, 1.165) is 36.9 Å². The van der Waals surface area contributed by atoms with Crippen molar-refractivity contribution in [2.24, 2.45) is 0 Å². The van der Waals surface area contributed by atoms with Crippen LogP contribution in [0.5, 0.6) is 0 Å². The smallest absolute Gasteiger partial charge is 0.317 e. The van der Waals surface area contributed by atoms with E-state index >= 15 is 0 Å². The summed E-state index contributed by atoms with van der Waals surface area (Å²) in [5.41, 5.74) is 0. The molecular formula is C16H23BrN4O3. The van der Waals surface area contributed by atoms with Crippen LogP contribution in [-0.4, -0.2) is 70.5 Å². The van der Waals surface area contributed by atoms with Crippen molar-refractivity contribution in [2.45, 2.75) is 25.8 Å². The van der Waals surface area contributed by atoms with Gasteiger partial charge in [0.15, 0.2) is 0 Å². The number of carboxylic acids is 1. The van der Waals surface area contributed by atoms with E-state index in [1.807, 2.05) is 17.9 Å². The van der Waals surface area contributed by atoms with Crippen LogP contribution in [0.2, 0.25) is 0 Å². The number of pyridine rings is 1. The first kappa shape index (κ1) is 18.8. The molecule has 132 valence electrons. The van der Waals surface area contributed by atoms with E-state index < -0.39 is 5.97 Å². The number of hydrogen-bond acceptors (Lipinski definition) is 5. The van der Waals surface area contributed by atoms with Gasteiger partial charge in [-0.15, -0.1) is 0 Å². The minimum Gasteiger partial charge on any atom is -0.480 e. The van der Waals surface area contributed by atoms with Gasteiger partial charge in [0.1, 0.15) is 5.82 Å². The monoisotopic (exact) mass is 398 g/mol. The Morgan fingerprint density at radius 1 is 1.42 bits per heavy atom. The number of carboxylic acid groups (broad SMARTS) is 1. The Morgan fingerprint density at radius 3 is 2.67 bits per heavy atom. The summed E-state index contributed by atoms with van der Waals surface area (Å²) in [6.07, 6.45) is 3.40. The Bertz CT molecular complexity index is 559. The van der Waals surface area contributed by atoms with Gasteiger partial charge in [-0.2, -0.15) is 0 Å². The van der Waals surface area contributed by atoms with Gasteiger partial charge in [0.25, 0.3) is 0 Å². The van der Waals surface area contributed by atoms with Crippen molar-refractivity contribution >= 4 is 33.6 Å². The van der Waals surface area contributed by atoms with Crippen LogP contribution in [0.25, 0.3) is 0 Å². The Hall–Kier alpha value is -1.51. The predicted octanol–water partition coefficient (Wildman–Crippen LogP) is 1.65. The maximum atomic E-state index is 12.1. The van der Waals surface area contributed by atoms with Crippen molar-refractivity contribution in [3.8, 4) is 0 Å². The average Bonchev–Trinajstić information content (AvgIpc) is 2.55. The van der Waals surface area contributed by atoms with E-state index in [9.17, 15) is 9.59 Å². The van der Waals surface area contributed by atoms with Crippen LogP contribution >= 0.6 is 15.9 Å². The fourth-order valence-electron chi connectivity index (χ4n) is 2.95. The number of amides is 1. The molecule has 0 unspecified atom stereocenters. The number of nitrogens with one attached hydrogen (secondary N) is 1. The second-order valence-electron chi connectivity index (χ2n) is 5.87. The molecule has 8 heteroatoms. The van der Waals surface area contributed by atoms with Crippen molar-refractivity contribution in [3.05, 3.63) is 22.8 Å². The lowest BCUT2D eigenvalue weighted by atomic mass is 10.0. The van der Waals surface area contributed by atoms with Crippen molar-refractivity contribution in [1.29, 1.82) is 0 Å².